The fourth-order valence-electron chi connectivity index (χ4n) is 2.68. The van der Waals surface area contributed by atoms with Crippen LogP contribution < -0.4 is 0 Å². The van der Waals surface area contributed by atoms with Crippen LogP contribution in [0, 0.1) is 0 Å². The zero-order valence-corrected chi connectivity index (χ0v) is 11.2. The maximum absolute atomic E-state index is 12.1. The topological polar surface area (TPSA) is 70.1 Å². The fourth-order valence-corrected chi connectivity index (χ4v) is 2.68. The number of aliphatic carboxylic acids is 1. The lowest BCUT2D eigenvalue weighted by Gasteiger charge is -2.32. The molecule has 0 spiro atoms. The summed E-state index contributed by atoms with van der Waals surface area (Å²) in [5.41, 5.74) is 0. The Morgan fingerprint density at radius 2 is 1.95 bits per heavy atom. The highest BCUT2D eigenvalue weighted by Gasteiger charge is 2.26. The van der Waals surface area contributed by atoms with E-state index in [0.717, 1.165) is 19.6 Å². The highest BCUT2D eigenvalue weighted by molar-refractivity contribution is 5.76. The summed E-state index contributed by atoms with van der Waals surface area (Å²) in [6.45, 7) is 4.43. The number of nitrogens with zero attached hydrogens (tertiary/aromatic N) is 2. The van der Waals surface area contributed by atoms with Crippen LogP contribution in [0.5, 0.6) is 0 Å². The summed E-state index contributed by atoms with van der Waals surface area (Å²) in [7, 11) is 0. The summed E-state index contributed by atoms with van der Waals surface area (Å²) in [5, 5.41) is 8.75. The summed E-state index contributed by atoms with van der Waals surface area (Å²) in [6.07, 6.45) is 2.59. The normalized spacial score (nSPS) is 24.6. The Morgan fingerprint density at radius 3 is 2.63 bits per heavy atom. The van der Waals surface area contributed by atoms with E-state index in [2.05, 4.69) is 4.90 Å². The van der Waals surface area contributed by atoms with Crippen LogP contribution in [-0.2, 0) is 14.3 Å². The fraction of sp³-hybridized carbons (Fsp3) is 0.846. The Bertz CT molecular complexity index is 329. The minimum absolute atomic E-state index is 0.0318. The highest BCUT2D eigenvalue weighted by Crippen LogP contribution is 2.12. The lowest BCUT2D eigenvalue weighted by Crippen LogP contribution is -2.46. The molecule has 108 valence electrons. The van der Waals surface area contributed by atoms with Gasteiger partial charge in [0.15, 0.2) is 0 Å². The van der Waals surface area contributed by atoms with Crippen LogP contribution in [0.15, 0.2) is 0 Å². The number of rotatable bonds is 5. The van der Waals surface area contributed by atoms with Gasteiger partial charge in [0.05, 0.1) is 19.1 Å². The van der Waals surface area contributed by atoms with Crippen LogP contribution >= 0.6 is 0 Å². The van der Waals surface area contributed by atoms with Gasteiger partial charge in [0, 0.05) is 26.1 Å². The molecule has 2 rings (SSSR count). The summed E-state index contributed by atoms with van der Waals surface area (Å²) >= 11 is 0. The van der Waals surface area contributed by atoms with Crippen molar-refractivity contribution in [3.05, 3.63) is 0 Å². The van der Waals surface area contributed by atoms with Crippen LogP contribution in [0.3, 0.4) is 0 Å². The zero-order valence-electron chi connectivity index (χ0n) is 11.2. The average Bonchev–Trinajstić information content (AvgIpc) is 2.88. The molecule has 0 aromatic carbocycles. The first-order chi connectivity index (χ1) is 9.15. The Morgan fingerprint density at radius 1 is 1.21 bits per heavy atom. The number of carbonyl (C=O) groups excluding carboxylic acids is 1. The quantitative estimate of drug-likeness (QED) is 0.771. The molecule has 2 aliphatic heterocycles. The van der Waals surface area contributed by atoms with Crippen molar-refractivity contribution in [3.63, 3.8) is 0 Å². The predicted molar refractivity (Wildman–Crippen MR) is 68.9 cm³/mol. The third kappa shape index (κ3) is 4.47. The number of hydrogen-bond donors (Lipinski definition) is 1. The molecule has 0 aromatic rings. The summed E-state index contributed by atoms with van der Waals surface area (Å²) in [6, 6.07) is 0. The van der Waals surface area contributed by atoms with Gasteiger partial charge >= 0.3 is 5.97 Å². The number of carboxylic acid groups (broad SMARTS) is 1. The minimum atomic E-state index is -0.878. The maximum atomic E-state index is 12.1. The van der Waals surface area contributed by atoms with Crippen LogP contribution in [0.2, 0.25) is 0 Å². The molecule has 0 bridgehead atoms. The molecule has 19 heavy (non-hydrogen) atoms. The van der Waals surface area contributed by atoms with E-state index in [1.165, 1.54) is 12.8 Å². The van der Waals surface area contributed by atoms with Crippen molar-refractivity contribution >= 4 is 11.9 Å². The summed E-state index contributed by atoms with van der Waals surface area (Å²) < 4.78 is 5.36. The summed E-state index contributed by atoms with van der Waals surface area (Å²) in [4.78, 5) is 26.8. The SMILES string of the molecule is O=C(O)CC1CN(C(=O)CCN2CCCC2)CCO1. The van der Waals surface area contributed by atoms with Crippen molar-refractivity contribution in [2.45, 2.75) is 31.8 Å². The predicted octanol–water partition coefficient (Wildman–Crippen LogP) is 0.174. The van der Waals surface area contributed by atoms with Crippen molar-refractivity contribution in [1.82, 2.24) is 9.80 Å². The van der Waals surface area contributed by atoms with Gasteiger partial charge in [-0.25, -0.2) is 0 Å². The minimum Gasteiger partial charge on any atom is -0.481 e. The van der Waals surface area contributed by atoms with E-state index < -0.39 is 5.97 Å². The molecule has 1 amide bonds. The number of amides is 1. The molecular formula is C13H22N2O4. The molecule has 2 aliphatic rings. The lowest BCUT2D eigenvalue weighted by atomic mass is 10.2. The van der Waals surface area contributed by atoms with E-state index in [-0.39, 0.29) is 18.4 Å². The molecule has 2 fully saturated rings. The van der Waals surface area contributed by atoms with Crippen molar-refractivity contribution in [3.8, 4) is 0 Å². The van der Waals surface area contributed by atoms with Gasteiger partial charge in [0.2, 0.25) is 5.91 Å². The smallest absolute Gasteiger partial charge is 0.306 e. The number of ether oxygens (including phenoxy) is 1. The highest BCUT2D eigenvalue weighted by atomic mass is 16.5. The first-order valence-electron chi connectivity index (χ1n) is 6.98. The monoisotopic (exact) mass is 270 g/mol. The third-order valence-corrected chi connectivity index (χ3v) is 3.73. The summed E-state index contributed by atoms with van der Waals surface area (Å²) in [5.74, 6) is -0.762. The van der Waals surface area contributed by atoms with Crippen LogP contribution in [0.4, 0.5) is 0 Å². The van der Waals surface area contributed by atoms with Gasteiger partial charge < -0.3 is 19.6 Å². The Hall–Kier alpha value is -1.14. The molecule has 2 heterocycles. The second kappa shape index (κ2) is 6.86. The largest absolute Gasteiger partial charge is 0.481 e. The molecule has 0 saturated carbocycles. The standard InChI is InChI=1S/C13H22N2O4/c16-12(3-6-14-4-1-2-5-14)15-7-8-19-11(10-15)9-13(17)18/h11H,1-10H2,(H,17,18). The van der Waals surface area contributed by atoms with Gasteiger partial charge in [-0.2, -0.15) is 0 Å². The molecule has 1 N–H and O–H groups in total. The van der Waals surface area contributed by atoms with E-state index >= 15 is 0 Å². The molecule has 1 atom stereocenters. The third-order valence-electron chi connectivity index (χ3n) is 3.73. The van der Waals surface area contributed by atoms with Gasteiger partial charge in [0.25, 0.3) is 0 Å². The number of hydrogen-bond acceptors (Lipinski definition) is 4. The van der Waals surface area contributed by atoms with Crippen LogP contribution in [-0.4, -0.2) is 72.2 Å². The van der Waals surface area contributed by atoms with Crippen LogP contribution in [0.25, 0.3) is 0 Å². The van der Waals surface area contributed by atoms with Gasteiger partial charge in [-0.05, 0) is 25.9 Å². The van der Waals surface area contributed by atoms with Gasteiger partial charge in [0.1, 0.15) is 0 Å². The van der Waals surface area contributed by atoms with Crippen LogP contribution in [0.1, 0.15) is 25.7 Å². The average molecular weight is 270 g/mol. The lowest BCUT2D eigenvalue weighted by molar-refractivity contribution is -0.147. The number of likely N-dealkylation sites (tertiary alicyclic amines) is 1. The molecule has 1 unspecified atom stereocenters. The van der Waals surface area contributed by atoms with E-state index in [0.29, 0.717) is 26.1 Å². The zero-order chi connectivity index (χ0) is 13.7. The first-order valence-corrected chi connectivity index (χ1v) is 6.98. The maximum Gasteiger partial charge on any atom is 0.306 e. The van der Waals surface area contributed by atoms with E-state index in [1.54, 1.807) is 4.90 Å². The van der Waals surface area contributed by atoms with Gasteiger partial charge in [-0.15, -0.1) is 0 Å². The number of carbonyl (C=O) groups is 2. The number of morpholine rings is 1. The van der Waals surface area contributed by atoms with Gasteiger partial charge in [-0.3, -0.25) is 9.59 Å². The van der Waals surface area contributed by atoms with E-state index in [1.807, 2.05) is 0 Å². The Kier molecular flexibility index (Phi) is 5.15. The molecule has 6 heteroatoms. The van der Waals surface area contributed by atoms with Crippen molar-refractivity contribution in [1.29, 1.82) is 0 Å². The molecule has 0 aliphatic carbocycles. The number of carboxylic acids is 1. The molecular weight excluding hydrogens is 248 g/mol. The van der Waals surface area contributed by atoms with Crippen molar-refractivity contribution in [2.75, 3.05) is 39.3 Å². The molecule has 0 aromatic heterocycles. The first kappa shape index (κ1) is 14.3. The van der Waals surface area contributed by atoms with E-state index in [4.69, 9.17) is 9.84 Å². The molecule has 0 radical (unpaired) electrons. The Balaban J connectivity index is 1.73. The van der Waals surface area contributed by atoms with Crippen molar-refractivity contribution < 1.29 is 19.4 Å². The second-order valence-electron chi connectivity index (χ2n) is 5.23. The molecule has 6 nitrogen and oxygen atoms in total. The molecule has 2 saturated heterocycles. The second-order valence-corrected chi connectivity index (χ2v) is 5.23. The van der Waals surface area contributed by atoms with E-state index in [9.17, 15) is 9.59 Å². The Labute approximate surface area is 113 Å². The van der Waals surface area contributed by atoms with Gasteiger partial charge in [-0.1, -0.05) is 0 Å². The van der Waals surface area contributed by atoms with Crippen molar-refractivity contribution in [2.24, 2.45) is 0 Å².